The van der Waals surface area contributed by atoms with Crippen molar-refractivity contribution in [1.29, 1.82) is 0 Å². The highest BCUT2D eigenvalue weighted by molar-refractivity contribution is 7.90. The van der Waals surface area contributed by atoms with E-state index in [9.17, 15) is 17.2 Å². The number of aryl methyl sites for hydroxylation is 1. The van der Waals surface area contributed by atoms with E-state index in [1.165, 1.54) is 28.3 Å². The van der Waals surface area contributed by atoms with Crippen molar-refractivity contribution in [2.45, 2.75) is 50.4 Å². The molecule has 0 N–H and O–H groups in total. The van der Waals surface area contributed by atoms with Gasteiger partial charge >= 0.3 is 0 Å². The fourth-order valence-electron chi connectivity index (χ4n) is 4.16. The van der Waals surface area contributed by atoms with Gasteiger partial charge in [-0.25, -0.2) is 8.42 Å². The summed E-state index contributed by atoms with van der Waals surface area (Å²) in [6.45, 7) is 2.87. The van der Waals surface area contributed by atoms with E-state index >= 15 is 0 Å². The van der Waals surface area contributed by atoms with Crippen LogP contribution in [-0.4, -0.2) is 59.5 Å². The third-order valence-corrected chi connectivity index (χ3v) is 8.11. The molecule has 0 amide bonds. The number of piperidine rings is 1. The number of likely N-dealkylation sites (tertiary alicyclic amines) is 1. The van der Waals surface area contributed by atoms with Gasteiger partial charge in [0.2, 0.25) is 0 Å². The molecule has 2 atom stereocenters. The van der Waals surface area contributed by atoms with Crippen LogP contribution < -0.4 is 0 Å². The Bertz CT molecular complexity index is 1040. The van der Waals surface area contributed by atoms with Gasteiger partial charge in [0.25, 0.3) is 5.92 Å². The van der Waals surface area contributed by atoms with E-state index in [1.54, 1.807) is 6.20 Å². The molecule has 166 valence electrons. The molecule has 0 radical (unpaired) electrons. The van der Waals surface area contributed by atoms with Gasteiger partial charge in [0.15, 0.2) is 0 Å². The van der Waals surface area contributed by atoms with Gasteiger partial charge in [-0.05, 0) is 25.8 Å². The summed E-state index contributed by atoms with van der Waals surface area (Å²) in [5.41, 5.74) is -0.00171. The van der Waals surface area contributed by atoms with Crippen LogP contribution in [0.2, 0.25) is 4.34 Å². The smallest absolute Gasteiger partial charge is 0.297 e. The predicted molar refractivity (Wildman–Crippen MR) is 110 cm³/mol. The van der Waals surface area contributed by atoms with Gasteiger partial charge in [-0.1, -0.05) is 16.8 Å². The Morgan fingerprint density at radius 2 is 2.20 bits per heavy atom. The van der Waals surface area contributed by atoms with Crippen LogP contribution in [-0.2, 0) is 39.2 Å². The highest BCUT2D eigenvalue weighted by Gasteiger charge is 2.52. The topological polar surface area (TPSA) is 77.3 Å². The van der Waals surface area contributed by atoms with Crippen LogP contribution in [0.1, 0.15) is 35.9 Å². The van der Waals surface area contributed by atoms with Crippen molar-refractivity contribution in [3.63, 3.8) is 0 Å². The highest BCUT2D eigenvalue weighted by Crippen LogP contribution is 2.53. The molecule has 4 heterocycles. The molecular weight excluding hydrogens is 458 g/mol. The quantitative estimate of drug-likeness (QED) is 0.654. The van der Waals surface area contributed by atoms with Crippen molar-refractivity contribution in [3.05, 3.63) is 32.7 Å². The van der Waals surface area contributed by atoms with E-state index in [2.05, 4.69) is 15.2 Å². The monoisotopic (exact) mass is 480 g/mol. The Morgan fingerprint density at radius 3 is 2.90 bits per heavy atom. The van der Waals surface area contributed by atoms with Crippen molar-refractivity contribution in [1.82, 2.24) is 19.9 Å². The summed E-state index contributed by atoms with van der Waals surface area (Å²) in [5.74, 6) is -3.01. The highest BCUT2D eigenvalue weighted by atomic mass is 35.5. The van der Waals surface area contributed by atoms with Crippen LogP contribution >= 0.6 is 22.9 Å². The summed E-state index contributed by atoms with van der Waals surface area (Å²) in [5, 5.41) is 8.13. The molecule has 4 rings (SSSR count). The molecule has 1 fully saturated rings. The standard InChI is InChI=1S/C18H23ClF2N4O3S2/c1-12-8-17(16-14(7-15(19)29-16)18(20,21)11-28-17)3-4-24(12)9-13-10-25(23-22-13)5-6-30(2,26)27/h7,10,12H,3-6,8-9,11H2,1-2H3/t12-,17+/m0/s1. The van der Waals surface area contributed by atoms with Crippen LogP contribution in [0, 0.1) is 0 Å². The van der Waals surface area contributed by atoms with Crippen molar-refractivity contribution in [2.24, 2.45) is 0 Å². The van der Waals surface area contributed by atoms with E-state index < -0.39 is 28.0 Å². The van der Waals surface area contributed by atoms with E-state index in [0.717, 1.165) is 5.69 Å². The average molecular weight is 481 g/mol. The largest absolute Gasteiger partial charge is 0.363 e. The lowest BCUT2D eigenvalue weighted by atomic mass is 9.81. The Kier molecular flexibility index (Phi) is 5.72. The van der Waals surface area contributed by atoms with Crippen molar-refractivity contribution in [3.8, 4) is 0 Å². The first-order valence-electron chi connectivity index (χ1n) is 9.60. The molecule has 0 bridgehead atoms. The number of hydrogen-bond acceptors (Lipinski definition) is 7. The molecule has 0 aromatic carbocycles. The normalized spacial score (nSPS) is 26.8. The third kappa shape index (κ3) is 4.40. The molecule has 2 aromatic rings. The zero-order valence-corrected chi connectivity index (χ0v) is 19.0. The summed E-state index contributed by atoms with van der Waals surface area (Å²) in [7, 11) is -3.07. The molecule has 0 unspecified atom stereocenters. The first-order valence-corrected chi connectivity index (χ1v) is 12.9. The number of sulfone groups is 1. The lowest BCUT2D eigenvalue weighted by molar-refractivity contribution is -0.187. The van der Waals surface area contributed by atoms with Crippen LogP contribution in [0.25, 0.3) is 0 Å². The van der Waals surface area contributed by atoms with Crippen LogP contribution in [0.3, 0.4) is 0 Å². The maximum absolute atomic E-state index is 14.3. The Morgan fingerprint density at radius 1 is 1.43 bits per heavy atom. The molecule has 30 heavy (non-hydrogen) atoms. The van der Waals surface area contributed by atoms with Crippen molar-refractivity contribution in [2.75, 3.05) is 25.2 Å². The summed E-state index contributed by atoms with van der Waals surface area (Å²) < 4.78 is 58.9. The molecule has 2 aliphatic rings. The van der Waals surface area contributed by atoms with Gasteiger partial charge in [-0.3, -0.25) is 9.58 Å². The Hall–Kier alpha value is -1.14. The summed E-state index contributed by atoms with van der Waals surface area (Å²) in [4.78, 5) is 2.75. The number of nitrogens with zero attached hydrogens (tertiary/aromatic N) is 4. The van der Waals surface area contributed by atoms with Gasteiger partial charge in [-0.2, -0.15) is 8.78 Å². The molecule has 1 spiro atoms. The van der Waals surface area contributed by atoms with E-state index in [-0.39, 0.29) is 23.9 Å². The van der Waals surface area contributed by atoms with Gasteiger partial charge in [0.1, 0.15) is 22.0 Å². The lowest BCUT2D eigenvalue weighted by Gasteiger charge is -2.48. The average Bonchev–Trinajstić information content (AvgIpc) is 3.26. The van der Waals surface area contributed by atoms with Gasteiger partial charge < -0.3 is 4.74 Å². The van der Waals surface area contributed by atoms with Crippen LogP contribution in [0.15, 0.2) is 12.3 Å². The molecule has 1 saturated heterocycles. The first-order chi connectivity index (χ1) is 14.0. The van der Waals surface area contributed by atoms with Gasteiger partial charge in [0.05, 0.1) is 22.3 Å². The van der Waals surface area contributed by atoms with Crippen molar-refractivity contribution < 1.29 is 21.9 Å². The zero-order valence-electron chi connectivity index (χ0n) is 16.6. The van der Waals surface area contributed by atoms with Crippen LogP contribution in [0.4, 0.5) is 8.78 Å². The maximum Gasteiger partial charge on any atom is 0.297 e. The van der Waals surface area contributed by atoms with E-state index in [1.807, 2.05) is 6.92 Å². The molecular formula is C18H23ClF2N4O3S2. The lowest BCUT2D eigenvalue weighted by Crippen LogP contribution is -2.51. The van der Waals surface area contributed by atoms with Crippen molar-refractivity contribution >= 4 is 32.8 Å². The molecule has 2 aliphatic heterocycles. The number of aromatic nitrogens is 3. The SMILES string of the molecule is C[C@H]1C[C@@]2(CCN1Cc1cn(CCS(C)(=O)=O)nn1)OCC(F)(F)c1cc(Cl)sc12. The number of alkyl halides is 2. The fraction of sp³-hybridized carbons (Fsp3) is 0.667. The second-order valence-electron chi connectivity index (χ2n) is 8.16. The van der Waals surface area contributed by atoms with Crippen LogP contribution in [0.5, 0.6) is 0 Å². The molecule has 2 aromatic heterocycles. The number of ether oxygens (including phenoxy) is 1. The van der Waals surface area contributed by atoms with E-state index in [4.69, 9.17) is 16.3 Å². The number of thiophene rings is 1. The molecule has 7 nitrogen and oxygen atoms in total. The molecule has 0 saturated carbocycles. The summed E-state index contributed by atoms with van der Waals surface area (Å²) in [6.07, 6.45) is 4.09. The minimum atomic E-state index is -3.07. The second-order valence-corrected chi connectivity index (χ2v) is 12.1. The number of fused-ring (bicyclic) bond motifs is 2. The minimum absolute atomic E-state index is 0.00165. The zero-order chi connectivity index (χ0) is 21.7. The minimum Gasteiger partial charge on any atom is -0.363 e. The maximum atomic E-state index is 14.3. The van der Waals surface area contributed by atoms with Gasteiger partial charge in [-0.15, -0.1) is 16.4 Å². The number of hydrogen-bond donors (Lipinski definition) is 0. The predicted octanol–water partition coefficient (Wildman–Crippen LogP) is 3.04. The summed E-state index contributed by atoms with van der Waals surface area (Å²) in [6, 6.07) is 1.44. The fourth-order valence-corrected chi connectivity index (χ4v) is 6.14. The molecule has 0 aliphatic carbocycles. The van der Waals surface area contributed by atoms with Gasteiger partial charge in [0, 0.05) is 42.0 Å². The number of rotatable bonds is 5. The first kappa shape index (κ1) is 22.1. The second kappa shape index (κ2) is 7.77. The van der Waals surface area contributed by atoms with E-state index in [0.29, 0.717) is 35.1 Å². The Balaban J connectivity index is 1.45. The number of halogens is 3. The summed E-state index contributed by atoms with van der Waals surface area (Å²) >= 11 is 7.26. The Labute approximate surface area is 182 Å². The molecule has 12 heteroatoms. The third-order valence-electron chi connectivity index (χ3n) is 5.73.